The van der Waals surface area contributed by atoms with E-state index in [4.69, 9.17) is 11.6 Å². The fourth-order valence-corrected chi connectivity index (χ4v) is 3.10. The van der Waals surface area contributed by atoms with E-state index in [9.17, 15) is 4.79 Å². The summed E-state index contributed by atoms with van der Waals surface area (Å²) in [5.74, 6) is 0.552. The van der Waals surface area contributed by atoms with Crippen LogP contribution in [0.3, 0.4) is 0 Å². The van der Waals surface area contributed by atoms with Gasteiger partial charge in [-0.25, -0.2) is 4.98 Å². The van der Waals surface area contributed by atoms with Crippen LogP contribution >= 0.6 is 22.9 Å². The molecule has 0 saturated heterocycles. The van der Waals surface area contributed by atoms with Crippen LogP contribution in [0.4, 0.5) is 0 Å². The molecule has 1 fully saturated rings. The topological polar surface area (TPSA) is 42.0 Å². The monoisotopic (exact) mass is 306 g/mol. The minimum atomic E-state index is 0.0934. The lowest BCUT2D eigenvalue weighted by molar-refractivity contribution is -0.122. The summed E-state index contributed by atoms with van der Waals surface area (Å²) in [5.41, 5.74) is 2.13. The van der Waals surface area contributed by atoms with Crippen molar-refractivity contribution < 1.29 is 4.79 Å². The van der Waals surface area contributed by atoms with Crippen molar-refractivity contribution in [1.29, 1.82) is 0 Å². The summed E-state index contributed by atoms with van der Waals surface area (Å²) in [6.45, 7) is 2.49. The molecule has 1 aliphatic carbocycles. The van der Waals surface area contributed by atoms with Crippen molar-refractivity contribution in [2.75, 3.05) is 0 Å². The minimum Gasteiger partial charge on any atom is -0.350 e. The van der Waals surface area contributed by atoms with Crippen LogP contribution in [0, 0.1) is 12.8 Å². The molecule has 2 atom stereocenters. The quantitative estimate of drug-likeness (QED) is 0.939. The molecule has 1 aliphatic rings. The number of thiazole rings is 1. The summed E-state index contributed by atoms with van der Waals surface area (Å²) in [7, 11) is 0. The average molecular weight is 307 g/mol. The smallest absolute Gasteiger partial charge is 0.224 e. The summed E-state index contributed by atoms with van der Waals surface area (Å²) >= 11 is 7.47. The first-order chi connectivity index (χ1) is 9.63. The standard InChI is InChI=1S/C15H15ClN2OS/c1-9-18-12(8-20-9)7-17-15(19)14-6-13(14)10-2-4-11(16)5-3-10/h2-5,8,13-14H,6-7H2,1H3,(H,17,19). The van der Waals surface area contributed by atoms with Gasteiger partial charge in [-0.15, -0.1) is 11.3 Å². The molecule has 104 valence electrons. The average Bonchev–Trinajstić information content (AvgIpc) is 3.13. The van der Waals surface area contributed by atoms with Crippen molar-refractivity contribution in [3.05, 3.63) is 50.9 Å². The minimum absolute atomic E-state index is 0.0934. The van der Waals surface area contributed by atoms with Gasteiger partial charge in [0.25, 0.3) is 0 Å². The van der Waals surface area contributed by atoms with Gasteiger partial charge in [0.15, 0.2) is 0 Å². The molecule has 2 aromatic rings. The molecule has 20 heavy (non-hydrogen) atoms. The molecule has 1 N–H and O–H groups in total. The Hall–Kier alpha value is -1.39. The van der Waals surface area contributed by atoms with Gasteiger partial charge in [0, 0.05) is 16.3 Å². The molecule has 1 aromatic heterocycles. The molecule has 0 radical (unpaired) electrons. The van der Waals surface area contributed by atoms with E-state index in [1.807, 2.05) is 36.6 Å². The third-order valence-electron chi connectivity index (χ3n) is 3.54. The second-order valence-corrected chi connectivity index (χ2v) is 6.57. The molecule has 1 saturated carbocycles. The number of rotatable bonds is 4. The maximum absolute atomic E-state index is 12.1. The van der Waals surface area contributed by atoms with E-state index in [0.717, 1.165) is 22.1 Å². The Labute approximate surface area is 127 Å². The molecule has 0 bridgehead atoms. The van der Waals surface area contributed by atoms with Crippen molar-refractivity contribution in [3.63, 3.8) is 0 Å². The number of nitrogens with one attached hydrogen (secondary N) is 1. The van der Waals surface area contributed by atoms with Crippen molar-refractivity contribution in [3.8, 4) is 0 Å². The van der Waals surface area contributed by atoms with Gasteiger partial charge in [0.1, 0.15) is 0 Å². The van der Waals surface area contributed by atoms with Crippen LogP contribution in [-0.4, -0.2) is 10.9 Å². The van der Waals surface area contributed by atoms with Gasteiger partial charge in [0.2, 0.25) is 5.91 Å². The van der Waals surface area contributed by atoms with Gasteiger partial charge in [-0.05, 0) is 37.0 Å². The number of aromatic nitrogens is 1. The lowest BCUT2D eigenvalue weighted by atomic mass is 10.1. The third-order valence-corrected chi connectivity index (χ3v) is 4.61. The summed E-state index contributed by atoms with van der Waals surface area (Å²) < 4.78 is 0. The Bertz CT molecular complexity index is 623. The predicted octanol–water partition coefficient (Wildman–Crippen LogP) is 3.52. The Kier molecular flexibility index (Phi) is 3.76. The number of aryl methyl sites for hydroxylation is 1. The molecular weight excluding hydrogens is 292 g/mol. The summed E-state index contributed by atoms with van der Waals surface area (Å²) in [6.07, 6.45) is 0.920. The second kappa shape index (κ2) is 5.54. The largest absolute Gasteiger partial charge is 0.350 e. The van der Waals surface area contributed by atoms with Crippen LogP contribution in [0.25, 0.3) is 0 Å². The Morgan fingerprint density at radius 3 is 2.85 bits per heavy atom. The molecule has 1 heterocycles. The number of nitrogens with zero attached hydrogens (tertiary/aromatic N) is 1. The summed E-state index contributed by atoms with van der Waals surface area (Å²) in [4.78, 5) is 16.4. The van der Waals surface area contributed by atoms with Crippen LogP contribution in [0.2, 0.25) is 5.02 Å². The normalized spacial score (nSPS) is 20.7. The van der Waals surface area contributed by atoms with Gasteiger partial charge in [-0.3, -0.25) is 4.79 Å². The highest BCUT2D eigenvalue weighted by molar-refractivity contribution is 7.09. The summed E-state index contributed by atoms with van der Waals surface area (Å²) in [6, 6.07) is 7.76. The zero-order valence-corrected chi connectivity index (χ0v) is 12.7. The number of amides is 1. The zero-order valence-electron chi connectivity index (χ0n) is 11.1. The van der Waals surface area contributed by atoms with Crippen LogP contribution < -0.4 is 5.32 Å². The summed E-state index contributed by atoms with van der Waals surface area (Å²) in [5, 5.41) is 6.71. The Morgan fingerprint density at radius 1 is 1.45 bits per heavy atom. The van der Waals surface area contributed by atoms with E-state index in [1.54, 1.807) is 11.3 Å². The predicted molar refractivity (Wildman–Crippen MR) is 81.0 cm³/mol. The lowest BCUT2D eigenvalue weighted by Crippen LogP contribution is -2.25. The lowest BCUT2D eigenvalue weighted by Gasteiger charge is -2.03. The fraction of sp³-hybridized carbons (Fsp3) is 0.333. The van der Waals surface area contributed by atoms with E-state index in [0.29, 0.717) is 12.5 Å². The molecular formula is C15H15ClN2OS. The highest BCUT2D eigenvalue weighted by atomic mass is 35.5. The second-order valence-electron chi connectivity index (χ2n) is 5.08. The van der Waals surface area contributed by atoms with Crippen LogP contribution in [0.5, 0.6) is 0 Å². The third kappa shape index (κ3) is 3.02. The molecule has 5 heteroatoms. The molecule has 2 unspecified atom stereocenters. The van der Waals surface area contributed by atoms with Crippen molar-refractivity contribution in [2.24, 2.45) is 5.92 Å². The van der Waals surface area contributed by atoms with Crippen LogP contribution in [0.15, 0.2) is 29.6 Å². The van der Waals surface area contributed by atoms with Crippen molar-refractivity contribution >= 4 is 28.8 Å². The SMILES string of the molecule is Cc1nc(CNC(=O)C2CC2c2ccc(Cl)cc2)cs1. The number of carbonyl (C=O) groups excluding carboxylic acids is 1. The van der Waals surface area contributed by atoms with E-state index in [1.165, 1.54) is 5.56 Å². The van der Waals surface area contributed by atoms with Gasteiger partial charge in [-0.1, -0.05) is 23.7 Å². The molecule has 3 rings (SSSR count). The highest BCUT2D eigenvalue weighted by Gasteiger charge is 2.43. The van der Waals surface area contributed by atoms with E-state index in [2.05, 4.69) is 10.3 Å². The number of benzene rings is 1. The van der Waals surface area contributed by atoms with Gasteiger partial charge >= 0.3 is 0 Å². The first-order valence-electron chi connectivity index (χ1n) is 6.57. The van der Waals surface area contributed by atoms with E-state index in [-0.39, 0.29) is 11.8 Å². The number of halogens is 1. The van der Waals surface area contributed by atoms with Crippen molar-refractivity contribution in [2.45, 2.75) is 25.8 Å². The maximum Gasteiger partial charge on any atom is 0.224 e. The molecule has 0 spiro atoms. The van der Waals surface area contributed by atoms with E-state index < -0.39 is 0 Å². The van der Waals surface area contributed by atoms with Gasteiger partial charge in [-0.2, -0.15) is 0 Å². The number of hydrogen-bond donors (Lipinski definition) is 1. The van der Waals surface area contributed by atoms with Crippen LogP contribution in [-0.2, 0) is 11.3 Å². The number of carbonyl (C=O) groups is 1. The van der Waals surface area contributed by atoms with Gasteiger partial charge < -0.3 is 5.32 Å². The first-order valence-corrected chi connectivity index (χ1v) is 7.83. The fourth-order valence-electron chi connectivity index (χ4n) is 2.36. The van der Waals surface area contributed by atoms with Crippen molar-refractivity contribution in [1.82, 2.24) is 10.3 Å². The van der Waals surface area contributed by atoms with E-state index >= 15 is 0 Å². The number of hydrogen-bond acceptors (Lipinski definition) is 3. The highest BCUT2D eigenvalue weighted by Crippen LogP contribution is 2.47. The first kappa shape index (κ1) is 13.6. The molecule has 1 aromatic carbocycles. The molecule has 0 aliphatic heterocycles. The zero-order chi connectivity index (χ0) is 14.1. The van der Waals surface area contributed by atoms with Crippen LogP contribution in [0.1, 0.15) is 28.6 Å². The molecule has 1 amide bonds. The molecule has 3 nitrogen and oxygen atoms in total. The van der Waals surface area contributed by atoms with Gasteiger partial charge in [0.05, 0.1) is 17.2 Å². The maximum atomic E-state index is 12.1. The Morgan fingerprint density at radius 2 is 2.20 bits per heavy atom. The Balaban J connectivity index is 1.53.